The van der Waals surface area contributed by atoms with Crippen molar-refractivity contribution in [3.63, 3.8) is 0 Å². The van der Waals surface area contributed by atoms with E-state index >= 15 is 0 Å². The largest absolute Gasteiger partial charge is 0.368 e. The fourth-order valence-corrected chi connectivity index (χ4v) is 7.30. The minimum Gasteiger partial charge on any atom is -0.368 e. The fourth-order valence-electron chi connectivity index (χ4n) is 5.58. The number of nitrogens with zero attached hydrogens (tertiary/aromatic N) is 4. The van der Waals surface area contributed by atoms with Crippen molar-refractivity contribution in [3.05, 3.63) is 76.2 Å². The number of benzene rings is 2. The monoisotopic (exact) mass is 584 g/mol. The molecule has 1 aromatic heterocycles. The highest BCUT2D eigenvalue weighted by molar-refractivity contribution is 7.89. The van der Waals surface area contributed by atoms with E-state index in [1.54, 1.807) is 0 Å². The summed E-state index contributed by atoms with van der Waals surface area (Å²) in [5, 5.41) is 3.82. The van der Waals surface area contributed by atoms with Crippen LogP contribution in [0.2, 0.25) is 0 Å². The maximum atomic E-state index is 14.1. The number of carbonyl (C=O) groups is 1. The normalized spacial score (nSPS) is 17.5. The molecule has 41 heavy (non-hydrogen) atoms. The number of piperazine rings is 1. The summed E-state index contributed by atoms with van der Waals surface area (Å²) in [6.45, 7) is 8.92. The Morgan fingerprint density at radius 3 is 2.37 bits per heavy atom. The van der Waals surface area contributed by atoms with Gasteiger partial charge < -0.3 is 14.3 Å². The molecule has 8 nitrogen and oxygen atoms in total. The first-order valence-electron chi connectivity index (χ1n) is 13.8. The lowest BCUT2D eigenvalue weighted by molar-refractivity contribution is -0.137. The van der Waals surface area contributed by atoms with Crippen LogP contribution in [0.3, 0.4) is 0 Å². The molecule has 1 amide bonds. The van der Waals surface area contributed by atoms with Gasteiger partial charge in [-0.3, -0.25) is 4.79 Å². The predicted molar refractivity (Wildman–Crippen MR) is 153 cm³/mol. The molecule has 3 aromatic rings. The molecule has 0 aliphatic carbocycles. The highest BCUT2D eigenvalue weighted by Gasteiger charge is 2.37. The molecule has 2 aromatic carbocycles. The van der Waals surface area contributed by atoms with Crippen molar-refractivity contribution in [2.45, 2.75) is 38.5 Å². The van der Waals surface area contributed by atoms with Crippen molar-refractivity contribution < 1.29 is 26.5 Å². The van der Waals surface area contributed by atoms with E-state index in [0.29, 0.717) is 25.9 Å². The zero-order valence-electron chi connectivity index (χ0n) is 23.4. The molecule has 3 heterocycles. The molecule has 218 valence electrons. The molecule has 2 saturated heterocycles. The Bertz CT molecular complexity index is 1570. The molecular weight excluding hydrogens is 550 g/mol. The number of halogens is 2. The SMILES string of the molecule is Cc1cccc(N2CCN(C(=O)C3CCN(S(=O)(=O)c4c(C)noc4C=Cc4ccc(F)cc4F)CC3)CC2)c1C. The van der Waals surface area contributed by atoms with Gasteiger partial charge in [0.1, 0.15) is 17.3 Å². The molecule has 2 aliphatic heterocycles. The minimum absolute atomic E-state index is 0.0360. The molecule has 0 bridgehead atoms. The Balaban J connectivity index is 1.21. The number of hydrogen-bond acceptors (Lipinski definition) is 6. The predicted octanol–water partition coefficient (Wildman–Crippen LogP) is 4.80. The van der Waals surface area contributed by atoms with Gasteiger partial charge in [0.15, 0.2) is 10.7 Å². The number of aromatic nitrogens is 1. The third-order valence-electron chi connectivity index (χ3n) is 8.12. The van der Waals surface area contributed by atoms with Crippen LogP contribution in [0.1, 0.15) is 41.0 Å². The van der Waals surface area contributed by atoms with Gasteiger partial charge in [-0.25, -0.2) is 17.2 Å². The maximum absolute atomic E-state index is 14.1. The molecule has 0 radical (unpaired) electrons. The van der Waals surface area contributed by atoms with Gasteiger partial charge in [-0.15, -0.1) is 0 Å². The molecule has 0 N–H and O–H groups in total. The second-order valence-electron chi connectivity index (χ2n) is 10.7. The van der Waals surface area contributed by atoms with Crippen LogP contribution in [0.5, 0.6) is 0 Å². The van der Waals surface area contributed by atoms with Crippen molar-refractivity contribution in [3.8, 4) is 0 Å². The number of sulfonamides is 1. The lowest BCUT2D eigenvalue weighted by Crippen LogP contribution is -2.52. The lowest BCUT2D eigenvalue weighted by atomic mass is 9.96. The van der Waals surface area contributed by atoms with Gasteiger partial charge in [-0.2, -0.15) is 4.31 Å². The summed E-state index contributed by atoms with van der Waals surface area (Å²) in [6, 6.07) is 9.39. The number of aryl methyl sites for hydroxylation is 2. The van der Waals surface area contributed by atoms with Crippen LogP contribution >= 0.6 is 0 Å². The Kier molecular flexibility index (Phi) is 8.28. The maximum Gasteiger partial charge on any atom is 0.248 e. The zero-order chi connectivity index (χ0) is 29.3. The average molecular weight is 585 g/mol. The summed E-state index contributed by atoms with van der Waals surface area (Å²) in [6.07, 6.45) is 3.48. The van der Waals surface area contributed by atoms with E-state index in [0.717, 1.165) is 25.2 Å². The van der Waals surface area contributed by atoms with Crippen molar-refractivity contribution in [2.75, 3.05) is 44.2 Å². The van der Waals surface area contributed by atoms with E-state index in [-0.39, 0.29) is 46.8 Å². The van der Waals surface area contributed by atoms with Gasteiger partial charge in [-0.05, 0) is 75.1 Å². The Morgan fingerprint density at radius 1 is 0.976 bits per heavy atom. The Labute approximate surface area is 239 Å². The molecule has 0 atom stereocenters. The van der Waals surface area contributed by atoms with Crippen LogP contribution in [0.25, 0.3) is 12.2 Å². The fraction of sp³-hybridized carbons (Fsp3) is 0.400. The van der Waals surface area contributed by atoms with Gasteiger partial charge in [0.05, 0.1) is 0 Å². The van der Waals surface area contributed by atoms with Crippen molar-refractivity contribution in [1.82, 2.24) is 14.4 Å². The van der Waals surface area contributed by atoms with Gasteiger partial charge in [0, 0.05) is 62.5 Å². The summed E-state index contributed by atoms with van der Waals surface area (Å²) < 4.78 is 61.0. The van der Waals surface area contributed by atoms with Crippen molar-refractivity contribution >= 4 is 33.8 Å². The molecule has 0 spiro atoms. The third kappa shape index (κ3) is 5.92. The molecule has 0 saturated carbocycles. The van der Waals surface area contributed by atoms with Crippen molar-refractivity contribution in [1.29, 1.82) is 0 Å². The van der Waals surface area contributed by atoms with E-state index in [2.05, 4.69) is 42.1 Å². The number of anilines is 1. The third-order valence-corrected chi connectivity index (χ3v) is 10.2. The summed E-state index contributed by atoms with van der Waals surface area (Å²) in [7, 11) is -3.98. The average Bonchev–Trinajstić information content (AvgIpc) is 3.34. The molecule has 2 aliphatic rings. The van der Waals surface area contributed by atoms with E-state index in [9.17, 15) is 22.0 Å². The zero-order valence-corrected chi connectivity index (χ0v) is 24.3. The van der Waals surface area contributed by atoms with Gasteiger partial charge in [-0.1, -0.05) is 17.3 Å². The molecule has 5 rings (SSSR count). The number of carbonyl (C=O) groups excluding carboxylic acids is 1. The summed E-state index contributed by atoms with van der Waals surface area (Å²) in [5.41, 5.74) is 3.97. The summed E-state index contributed by atoms with van der Waals surface area (Å²) in [5.74, 6) is -1.68. The standard InChI is InChI=1S/C30H34F2N4O4S/c1-20-5-4-6-27(21(20)2)34-15-17-35(18-16-34)30(37)24-11-13-36(14-12-24)41(38,39)29-22(3)33-40-28(29)10-8-23-7-9-25(31)19-26(23)32/h4-10,19,24H,11-18H2,1-3H3. The van der Waals surface area contributed by atoms with Crippen LogP contribution in [-0.2, 0) is 14.8 Å². The molecule has 11 heteroatoms. The quantitative estimate of drug-likeness (QED) is 0.414. The van der Waals surface area contributed by atoms with Crippen LogP contribution in [0.4, 0.5) is 14.5 Å². The summed E-state index contributed by atoms with van der Waals surface area (Å²) >= 11 is 0. The van der Waals surface area contributed by atoms with E-state index < -0.39 is 21.7 Å². The number of hydrogen-bond donors (Lipinski definition) is 0. The second kappa shape index (κ2) is 11.7. The molecule has 0 unspecified atom stereocenters. The highest BCUT2D eigenvalue weighted by Crippen LogP contribution is 2.31. The first-order valence-corrected chi connectivity index (χ1v) is 15.2. The smallest absolute Gasteiger partial charge is 0.248 e. The van der Waals surface area contributed by atoms with Crippen LogP contribution in [0, 0.1) is 38.3 Å². The second-order valence-corrected chi connectivity index (χ2v) is 12.5. The number of amides is 1. The molecule has 2 fully saturated rings. The lowest BCUT2D eigenvalue weighted by Gasteiger charge is -2.39. The topological polar surface area (TPSA) is 87.0 Å². The van der Waals surface area contributed by atoms with Gasteiger partial charge >= 0.3 is 0 Å². The van der Waals surface area contributed by atoms with Gasteiger partial charge in [0.2, 0.25) is 15.9 Å². The first kappa shape index (κ1) is 28.9. The van der Waals surface area contributed by atoms with E-state index in [4.69, 9.17) is 4.52 Å². The van der Waals surface area contributed by atoms with E-state index in [1.807, 2.05) is 4.90 Å². The highest BCUT2D eigenvalue weighted by atomic mass is 32.2. The van der Waals surface area contributed by atoms with Gasteiger partial charge in [0.25, 0.3) is 0 Å². The number of piperidine rings is 1. The number of rotatable bonds is 6. The minimum atomic E-state index is -3.98. The summed E-state index contributed by atoms with van der Waals surface area (Å²) in [4.78, 5) is 17.5. The van der Waals surface area contributed by atoms with E-state index in [1.165, 1.54) is 46.3 Å². The van der Waals surface area contributed by atoms with Crippen LogP contribution in [0.15, 0.2) is 45.8 Å². The molecular formula is C30H34F2N4O4S. The first-order chi connectivity index (χ1) is 19.6. The Hall–Kier alpha value is -3.57. The van der Waals surface area contributed by atoms with Crippen molar-refractivity contribution in [2.24, 2.45) is 5.92 Å². The van der Waals surface area contributed by atoms with Crippen LogP contribution in [-0.4, -0.2) is 68.0 Å². The van der Waals surface area contributed by atoms with Crippen LogP contribution < -0.4 is 4.90 Å². The Morgan fingerprint density at radius 2 is 1.68 bits per heavy atom.